The minimum absolute atomic E-state index is 0.112. The van der Waals surface area contributed by atoms with E-state index in [4.69, 9.17) is 4.74 Å². The highest BCUT2D eigenvalue weighted by molar-refractivity contribution is 5.90. The molecule has 0 heterocycles. The predicted octanol–water partition coefficient (Wildman–Crippen LogP) is 3.23. The molecule has 1 aliphatic rings. The molecule has 0 unspecified atom stereocenters. The van der Waals surface area contributed by atoms with Crippen LogP contribution in [-0.2, 0) is 25.5 Å². The highest BCUT2D eigenvalue weighted by Gasteiger charge is 2.57. The van der Waals surface area contributed by atoms with Crippen molar-refractivity contribution in [2.45, 2.75) is 59.9 Å². The summed E-state index contributed by atoms with van der Waals surface area (Å²) < 4.78 is 4.91. The molecular weight excluding hydrogens is 342 g/mol. The Balaban J connectivity index is 2.21. The first kappa shape index (κ1) is 21.1. The van der Waals surface area contributed by atoms with Crippen LogP contribution in [0, 0.1) is 23.7 Å². The Bertz CT molecular complexity index is 722. The maximum atomic E-state index is 13.2. The van der Waals surface area contributed by atoms with E-state index in [0.717, 1.165) is 11.1 Å². The molecule has 5 nitrogen and oxygen atoms in total. The van der Waals surface area contributed by atoms with E-state index in [9.17, 15) is 14.4 Å². The van der Waals surface area contributed by atoms with Crippen LogP contribution in [0.5, 0.6) is 0 Å². The van der Waals surface area contributed by atoms with E-state index in [1.54, 1.807) is 6.92 Å². The summed E-state index contributed by atoms with van der Waals surface area (Å²) in [5.41, 5.74) is 0.887. The van der Waals surface area contributed by atoms with Gasteiger partial charge >= 0.3 is 5.97 Å². The van der Waals surface area contributed by atoms with Gasteiger partial charge in [0.15, 0.2) is 0 Å². The van der Waals surface area contributed by atoms with Crippen LogP contribution in [-0.4, -0.2) is 30.8 Å². The average molecular weight is 373 g/mol. The van der Waals surface area contributed by atoms with Gasteiger partial charge in [-0.05, 0) is 37.7 Å². The third-order valence-electron chi connectivity index (χ3n) is 6.57. The minimum Gasteiger partial charge on any atom is -0.467 e. The van der Waals surface area contributed by atoms with Crippen molar-refractivity contribution in [3.8, 4) is 0 Å². The van der Waals surface area contributed by atoms with E-state index >= 15 is 0 Å². The lowest BCUT2D eigenvalue weighted by Gasteiger charge is -2.40. The largest absolute Gasteiger partial charge is 0.467 e. The van der Waals surface area contributed by atoms with Gasteiger partial charge in [0.2, 0.25) is 5.91 Å². The zero-order valence-corrected chi connectivity index (χ0v) is 17.2. The van der Waals surface area contributed by atoms with Crippen molar-refractivity contribution < 1.29 is 19.1 Å². The molecule has 27 heavy (non-hydrogen) atoms. The van der Waals surface area contributed by atoms with Gasteiger partial charge < -0.3 is 10.1 Å². The van der Waals surface area contributed by atoms with Crippen molar-refractivity contribution in [3.63, 3.8) is 0 Å². The molecule has 2 rings (SSSR count). The first-order valence-electron chi connectivity index (χ1n) is 9.47. The fraction of sp³-hybridized carbons (Fsp3) is 0.591. The molecule has 0 saturated heterocycles. The molecule has 0 bridgehead atoms. The maximum absolute atomic E-state index is 13.2. The van der Waals surface area contributed by atoms with Crippen molar-refractivity contribution in [1.29, 1.82) is 0 Å². The van der Waals surface area contributed by atoms with Crippen molar-refractivity contribution in [2.75, 3.05) is 7.11 Å². The lowest BCUT2D eigenvalue weighted by Crippen LogP contribution is -2.53. The van der Waals surface area contributed by atoms with Crippen LogP contribution in [0.2, 0.25) is 0 Å². The highest BCUT2D eigenvalue weighted by Crippen LogP contribution is 2.56. The number of hydrogen-bond acceptors (Lipinski definition) is 4. The third kappa shape index (κ3) is 4.07. The minimum atomic E-state index is -0.755. The van der Waals surface area contributed by atoms with E-state index < -0.39 is 22.8 Å². The number of ketones is 1. The number of carbonyl (C=O) groups excluding carboxylic acids is 3. The maximum Gasteiger partial charge on any atom is 0.328 e. The molecule has 1 saturated carbocycles. The fourth-order valence-corrected chi connectivity index (χ4v) is 4.23. The molecule has 1 aliphatic carbocycles. The van der Waals surface area contributed by atoms with Gasteiger partial charge in [-0.25, -0.2) is 4.79 Å². The summed E-state index contributed by atoms with van der Waals surface area (Å²) in [6.07, 6.45) is 1.67. The summed E-state index contributed by atoms with van der Waals surface area (Å²) in [5, 5.41) is 2.90. The topological polar surface area (TPSA) is 72.5 Å². The summed E-state index contributed by atoms with van der Waals surface area (Å²) in [4.78, 5) is 37.5. The van der Waals surface area contributed by atoms with Crippen LogP contribution in [0.15, 0.2) is 24.3 Å². The Labute approximate surface area is 161 Å². The monoisotopic (exact) mass is 373 g/mol. The van der Waals surface area contributed by atoms with Crippen LogP contribution >= 0.6 is 0 Å². The molecule has 1 aromatic rings. The Morgan fingerprint density at radius 1 is 1.19 bits per heavy atom. The number of Topliss-reactive ketones (excluding diaryl/α,β-unsaturated/α-hetero) is 1. The predicted molar refractivity (Wildman–Crippen MR) is 104 cm³/mol. The fourth-order valence-electron chi connectivity index (χ4n) is 4.23. The number of hydrogen-bond donors (Lipinski definition) is 1. The number of benzene rings is 1. The first-order chi connectivity index (χ1) is 12.5. The van der Waals surface area contributed by atoms with E-state index in [1.807, 2.05) is 52.0 Å². The van der Waals surface area contributed by atoms with Gasteiger partial charge in [0, 0.05) is 12.3 Å². The number of rotatable bonds is 6. The lowest BCUT2D eigenvalue weighted by molar-refractivity contribution is -0.148. The van der Waals surface area contributed by atoms with E-state index in [-0.39, 0.29) is 17.6 Å². The summed E-state index contributed by atoms with van der Waals surface area (Å²) in [5.74, 6) is -0.701. The standard InChI is InChI=1S/C22H31NO4/c1-14-7-9-16(10-8-14)13-18(19(25)27-6)23-20(26)22(5)12-11-17(15(2)24)21(22,3)4/h7-10,17-18H,11-13H2,1-6H3,(H,23,26)/t17-,18+,22+/m1/s1. The third-order valence-corrected chi connectivity index (χ3v) is 6.57. The highest BCUT2D eigenvalue weighted by atomic mass is 16.5. The second-order valence-corrected chi connectivity index (χ2v) is 8.49. The van der Waals surface area contributed by atoms with Gasteiger partial charge in [-0.3, -0.25) is 9.59 Å². The van der Waals surface area contributed by atoms with Crippen molar-refractivity contribution >= 4 is 17.7 Å². The number of esters is 1. The quantitative estimate of drug-likeness (QED) is 0.777. The Hall–Kier alpha value is -2.17. The second-order valence-electron chi connectivity index (χ2n) is 8.49. The van der Waals surface area contributed by atoms with Crippen molar-refractivity contribution in [3.05, 3.63) is 35.4 Å². The second kappa shape index (κ2) is 7.83. The Kier molecular flexibility index (Phi) is 6.13. The molecule has 1 amide bonds. The molecule has 5 heteroatoms. The SMILES string of the molecule is COC(=O)[C@H](Cc1ccc(C)cc1)NC(=O)[C@]1(C)CC[C@H](C(C)=O)C1(C)C. The molecule has 1 fully saturated rings. The summed E-state index contributed by atoms with van der Waals surface area (Å²) >= 11 is 0. The zero-order chi connectivity index (χ0) is 20.4. The molecule has 0 spiro atoms. The van der Waals surface area contributed by atoms with Crippen molar-refractivity contribution in [1.82, 2.24) is 5.32 Å². The van der Waals surface area contributed by atoms with Gasteiger partial charge in [0.05, 0.1) is 12.5 Å². The summed E-state index contributed by atoms with van der Waals surface area (Å²) in [7, 11) is 1.32. The van der Waals surface area contributed by atoms with E-state index in [1.165, 1.54) is 7.11 Å². The lowest BCUT2D eigenvalue weighted by atomic mass is 9.64. The smallest absolute Gasteiger partial charge is 0.328 e. The molecule has 0 aromatic heterocycles. The average Bonchev–Trinajstić information content (AvgIpc) is 2.86. The van der Waals surface area contributed by atoms with Crippen molar-refractivity contribution in [2.24, 2.45) is 16.7 Å². The first-order valence-corrected chi connectivity index (χ1v) is 9.47. The Morgan fingerprint density at radius 2 is 1.78 bits per heavy atom. The van der Waals surface area contributed by atoms with Gasteiger partial charge in [0.1, 0.15) is 11.8 Å². The Morgan fingerprint density at radius 3 is 2.26 bits per heavy atom. The van der Waals surface area contributed by atoms with Crippen LogP contribution in [0.25, 0.3) is 0 Å². The molecule has 148 valence electrons. The van der Waals surface area contributed by atoms with Gasteiger partial charge in [-0.1, -0.05) is 50.6 Å². The number of carbonyl (C=O) groups is 3. The molecule has 1 aromatic carbocycles. The number of nitrogens with one attached hydrogen (secondary N) is 1. The van der Waals surface area contributed by atoms with Crippen LogP contribution < -0.4 is 5.32 Å². The van der Waals surface area contributed by atoms with Gasteiger partial charge in [-0.2, -0.15) is 0 Å². The normalized spacial score (nSPS) is 24.9. The van der Waals surface area contributed by atoms with E-state index in [0.29, 0.717) is 19.3 Å². The molecule has 0 radical (unpaired) electrons. The van der Waals surface area contributed by atoms with Crippen LogP contribution in [0.4, 0.5) is 0 Å². The molecule has 0 aliphatic heterocycles. The van der Waals surface area contributed by atoms with E-state index in [2.05, 4.69) is 5.32 Å². The van der Waals surface area contributed by atoms with Gasteiger partial charge in [0.25, 0.3) is 0 Å². The molecule has 1 N–H and O–H groups in total. The summed E-state index contributed by atoms with van der Waals surface area (Å²) in [6.45, 7) is 9.42. The number of amides is 1. The molecular formula is C22H31NO4. The number of aryl methyl sites for hydroxylation is 1. The van der Waals surface area contributed by atoms with Crippen LogP contribution in [0.3, 0.4) is 0 Å². The molecule has 3 atom stereocenters. The number of methoxy groups -OCH3 is 1. The number of ether oxygens (including phenoxy) is 1. The van der Waals surface area contributed by atoms with Gasteiger partial charge in [-0.15, -0.1) is 0 Å². The zero-order valence-electron chi connectivity index (χ0n) is 17.2. The van der Waals surface area contributed by atoms with Crippen LogP contribution in [0.1, 0.15) is 51.7 Å². The summed E-state index contributed by atoms with van der Waals surface area (Å²) in [6, 6.07) is 7.10.